The molecule has 0 unspecified atom stereocenters. The molecule has 0 saturated carbocycles. The summed E-state index contributed by atoms with van der Waals surface area (Å²) in [6.45, 7) is 3.44. The van der Waals surface area contributed by atoms with Crippen molar-refractivity contribution in [3.8, 4) is 11.5 Å². The van der Waals surface area contributed by atoms with Crippen molar-refractivity contribution in [1.29, 1.82) is 0 Å². The number of rotatable bonds is 11. The highest BCUT2D eigenvalue weighted by Gasteiger charge is 2.11. The molecule has 2 N–H and O–H groups in total. The van der Waals surface area contributed by atoms with Gasteiger partial charge in [0.2, 0.25) is 11.8 Å². The van der Waals surface area contributed by atoms with Crippen LogP contribution in [-0.4, -0.2) is 61.6 Å². The number of hydrogen-bond donors (Lipinski definition) is 2. The number of nitrogens with zero attached hydrogens (tertiary/aromatic N) is 2. The smallest absolute Gasteiger partial charge is 0.239 e. The van der Waals surface area contributed by atoms with Gasteiger partial charge in [-0.2, -0.15) is 0 Å². The standard InChI is InChI=1S/C20H25BrN4O4/c1-3-28-16-5-7-17(8-6-16)29-11-10-22-19(26)13-25(2)14-20(27)24-18-9-4-15(21)12-23-18/h4-9,12H,3,10-11,13-14H2,1-2H3,(H,22,26)(H,23,24,27). The van der Waals surface area contributed by atoms with Crippen LogP contribution in [0.5, 0.6) is 11.5 Å². The van der Waals surface area contributed by atoms with E-state index >= 15 is 0 Å². The third-order valence-electron chi connectivity index (χ3n) is 3.65. The van der Waals surface area contributed by atoms with Crippen molar-refractivity contribution in [2.75, 3.05) is 45.2 Å². The number of amides is 2. The molecule has 0 aliphatic rings. The third kappa shape index (κ3) is 8.93. The fraction of sp³-hybridized carbons (Fsp3) is 0.350. The summed E-state index contributed by atoms with van der Waals surface area (Å²) in [6.07, 6.45) is 1.60. The second-order valence-electron chi connectivity index (χ2n) is 6.18. The molecule has 0 fully saturated rings. The van der Waals surface area contributed by atoms with Crippen molar-refractivity contribution >= 4 is 33.6 Å². The van der Waals surface area contributed by atoms with E-state index in [0.717, 1.165) is 10.2 Å². The van der Waals surface area contributed by atoms with E-state index in [1.54, 1.807) is 30.3 Å². The number of carbonyl (C=O) groups excluding carboxylic acids is 2. The molecule has 9 heteroatoms. The minimum absolute atomic E-state index is 0.0772. The number of carbonyl (C=O) groups is 2. The van der Waals surface area contributed by atoms with Crippen molar-refractivity contribution < 1.29 is 19.1 Å². The molecule has 0 radical (unpaired) electrons. The molecule has 0 bridgehead atoms. The van der Waals surface area contributed by atoms with Gasteiger partial charge in [0, 0.05) is 10.7 Å². The lowest BCUT2D eigenvalue weighted by atomic mass is 10.3. The number of aromatic nitrogens is 1. The van der Waals surface area contributed by atoms with Gasteiger partial charge in [-0.05, 0) is 66.3 Å². The lowest BCUT2D eigenvalue weighted by Crippen LogP contribution is -2.40. The first-order valence-corrected chi connectivity index (χ1v) is 9.98. The maximum atomic E-state index is 12.0. The van der Waals surface area contributed by atoms with Gasteiger partial charge in [0.1, 0.15) is 23.9 Å². The number of ether oxygens (including phenoxy) is 2. The van der Waals surface area contributed by atoms with E-state index in [4.69, 9.17) is 9.47 Å². The lowest BCUT2D eigenvalue weighted by molar-refractivity contribution is -0.123. The maximum absolute atomic E-state index is 12.0. The molecule has 8 nitrogen and oxygen atoms in total. The highest BCUT2D eigenvalue weighted by atomic mass is 79.9. The first-order chi connectivity index (χ1) is 14.0. The Kier molecular flexibility index (Phi) is 9.39. The van der Waals surface area contributed by atoms with E-state index in [2.05, 4.69) is 31.5 Å². The van der Waals surface area contributed by atoms with E-state index in [9.17, 15) is 9.59 Å². The number of hydrogen-bond acceptors (Lipinski definition) is 6. The normalized spacial score (nSPS) is 10.5. The van der Waals surface area contributed by atoms with Gasteiger partial charge in [0.15, 0.2) is 0 Å². The first-order valence-electron chi connectivity index (χ1n) is 9.18. The third-order valence-corrected chi connectivity index (χ3v) is 4.12. The number of pyridine rings is 1. The summed E-state index contributed by atoms with van der Waals surface area (Å²) in [4.78, 5) is 29.7. The Bertz CT molecular complexity index is 784. The van der Waals surface area contributed by atoms with Crippen LogP contribution < -0.4 is 20.1 Å². The monoisotopic (exact) mass is 464 g/mol. The highest BCUT2D eigenvalue weighted by Crippen LogP contribution is 2.17. The summed E-state index contributed by atoms with van der Waals surface area (Å²) in [6, 6.07) is 10.8. The maximum Gasteiger partial charge on any atom is 0.239 e. The van der Waals surface area contributed by atoms with E-state index in [1.807, 2.05) is 31.2 Å². The Labute approximate surface area is 178 Å². The Hall–Kier alpha value is -2.65. The molecule has 0 spiro atoms. The van der Waals surface area contributed by atoms with Crippen molar-refractivity contribution in [1.82, 2.24) is 15.2 Å². The van der Waals surface area contributed by atoms with Crippen LogP contribution in [0, 0.1) is 0 Å². The molecule has 0 saturated heterocycles. The second-order valence-corrected chi connectivity index (χ2v) is 7.10. The molecule has 156 valence electrons. The highest BCUT2D eigenvalue weighted by molar-refractivity contribution is 9.10. The summed E-state index contributed by atoms with van der Waals surface area (Å²) in [5.41, 5.74) is 0. The van der Waals surface area contributed by atoms with Crippen molar-refractivity contribution in [3.63, 3.8) is 0 Å². The van der Waals surface area contributed by atoms with Crippen LogP contribution in [0.3, 0.4) is 0 Å². The average molecular weight is 465 g/mol. The second kappa shape index (κ2) is 12.0. The van der Waals surface area contributed by atoms with Gasteiger partial charge in [-0.25, -0.2) is 4.98 Å². The largest absolute Gasteiger partial charge is 0.494 e. The molecule has 1 aromatic heterocycles. The minimum Gasteiger partial charge on any atom is -0.494 e. The van der Waals surface area contributed by atoms with E-state index in [-0.39, 0.29) is 24.9 Å². The molecule has 0 aliphatic carbocycles. The van der Waals surface area contributed by atoms with Gasteiger partial charge in [0.25, 0.3) is 0 Å². The molecule has 0 aliphatic heterocycles. The van der Waals surface area contributed by atoms with Gasteiger partial charge in [-0.3, -0.25) is 14.5 Å². The number of halogens is 1. The topological polar surface area (TPSA) is 92.8 Å². The quantitative estimate of drug-likeness (QED) is 0.495. The van der Waals surface area contributed by atoms with Gasteiger partial charge in [-0.1, -0.05) is 0 Å². The van der Waals surface area contributed by atoms with E-state index in [0.29, 0.717) is 31.3 Å². The zero-order valence-corrected chi connectivity index (χ0v) is 18.1. The summed E-state index contributed by atoms with van der Waals surface area (Å²) in [7, 11) is 1.70. The Morgan fingerprint density at radius 3 is 2.31 bits per heavy atom. The predicted octanol–water partition coefficient (Wildman–Crippen LogP) is 2.31. The van der Waals surface area contributed by atoms with Crippen LogP contribution >= 0.6 is 15.9 Å². The molecule has 0 atom stereocenters. The Balaban J connectivity index is 1.61. The Morgan fingerprint density at radius 1 is 1.03 bits per heavy atom. The average Bonchev–Trinajstić information content (AvgIpc) is 2.68. The van der Waals surface area contributed by atoms with Gasteiger partial charge < -0.3 is 20.1 Å². The van der Waals surface area contributed by atoms with E-state index < -0.39 is 0 Å². The van der Waals surface area contributed by atoms with Crippen molar-refractivity contribution in [2.45, 2.75) is 6.92 Å². The molecule has 2 rings (SSSR count). The van der Waals surface area contributed by atoms with Crippen LogP contribution in [0.25, 0.3) is 0 Å². The van der Waals surface area contributed by atoms with E-state index in [1.165, 1.54) is 0 Å². The molecule has 1 aromatic carbocycles. The Morgan fingerprint density at radius 2 is 1.69 bits per heavy atom. The number of likely N-dealkylation sites (N-methyl/N-ethyl adjacent to an activating group) is 1. The van der Waals surface area contributed by atoms with Crippen LogP contribution in [0.1, 0.15) is 6.92 Å². The SMILES string of the molecule is CCOc1ccc(OCCNC(=O)CN(C)CC(=O)Nc2ccc(Br)cn2)cc1. The number of anilines is 1. The zero-order chi connectivity index (χ0) is 21.1. The molecular weight excluding hydrogens is 440 g/mol. The van der Waals surface area contributed by atoms with Crippen LogP contribution in [-0.2, 0) is 9.59 Å². The van der Waals surface area contributed by atoms with Crippen LogP contribution in [0.15, 0.2) is 47.1 Å². The number of benzene rings is 1. The van der Waals surface area contributed by atoms with Gasteiger partial charge in [0.05, 0.1) is 26.2 Å². The fourth-order valence-electron chi connectivity index (χ4n) is 2.39. The molecule has 2 amide bonds. The predicted molar refractivity (Wildman–Crippen MR) is 114 cm³/mol. The zero-order valence-electron chi connectivity index (χ0n) is 16.5. The first kappa shape index (κ1) is 22.6. The lowest BCUT2D eigenvalue weighted by Gasteiger charge is -2.16. The van der Waals surface area contributed by atoms with Crippen molar-refractivity contribution in [3.05, 3.63) is 47.1 Å². The van der Waals surface area contributed by atoms with Crippen LogP contribution in [0.4, 0.5) is 5.82 Å². The summed E-state index contributed by atoms with van der Waals surface area (Å²) in [5.74, 6) is 1.53. The summed E-state index contributed by atoms with van der Waals surface area (Å²) >= 11 is 3.28. The fourth-order valence-corrected chi connectivity index (χ4v) is 2.63. The van der Waals surface area contributed by atoms with Crippen LogP contribution in [0.2, 0.25) is 0 Å². The number of nitrogens with one attached hydrogen (secondary N) is 2. The molecular formula is C20H25BrN4O4. The summed E-state index contributed by atoms with van der Waals surface area (Å²) < 4.78 is 11.8. The van der Waals surface area contributed by atoms with Gasteiger partial charge in [-0.15, -0.1) is 0 Å². The molecule has 1 heterocycles. The van der Waals surface area contributed by atoms with Gasteiger partial charge >= 0.3 is 0 Å². The minimum atomic E-state index is -0.242. The van der Waals surface area contributed by atoms with Crippen molar-refractivity contribution in [2.24, 2.45) is 0 Å². The molecule has 29 heavy (non-hydrogen) atoms. The summed E-state index contributed by atoms with van der Waals surface area (Å²) in [5, 5.41) is 5.45. The molecule has 2 aromatic rings.